The number of allylic oxidation sites excluding steroid dienone is 2. The Labute approximate surface area is 78.8 Å². The van der Waals surface area contributed by atoms with Gasteiger partial charge in [-0.2, -0.15) is 0 Å². The number of ether oxygens (including phenoxy) is 1. The Balaban J connectivity index is 3.87. The van der Waals surface area contributed by atoms with Gasteiger partial charge in [0.25, 0.3) is 0 Å². The predicted octanol–water partition coefficient (Wildman–Crippen LogP) is 1.86. The molecular weight excluding hydrogens is 168 g/mol. The Kier molecular flexibility index (Phi) is 5.85. The lowest BCUT2D eigenvalue weighted by atomic mass is 10.1. The van der Waals surface area contributed by atoms with Gasteiger partial charge in [0.15, 0.2) is 5.78 Å². The lowest BCUT2D eigenvalue weighted by molar-refractivity contribution is -0.143. The third kappa shape index (κ3) is 5.17. The molecule has 0 fully saturated rings. The van der Waals surface area contributed by atoms with Crippen molar-refractivity contribution in [3.05, 3.63) is 11.6 Å². The highest BCUT2D eigenvalue weighted by molar-refractivity contribution is 5.93. The monoisotopic (exact) mass is 184 g/mol. The van der Waals surface area contributed by atoms with E-state index in [0.29, 0.717) is 18.6 Å². The second-order valence-corrected chi connectivity index (χ2v) is 2.68. The minimum absolute atomic E-state index is 0.0202. The number of ketones is 1. The average molecular weight is 184 g/mol. The minimum Gasteiger partial charge on any atom is -0.466 e. The molecule has 74 valence electrons. The zero-order valence-electron chi connectivity index (χ0n) is 8.42. The summed E-state index contributed by atoms with van der Waals surface area (Å²) in [4.78, 5) is 21.9. The van der Waals surface area contributed by atoms with Crippen molar-refractivity contribution in [2.45, 2.75) is 33.6 Å². The summed E-state index contributed by atoms with van der Waals surface area (Å²) in [5.41, 5.74) is 0.688. The summed E-state index contributed by atoms with van der Waals surface area (Å²) < 4.78 is 4.74. The maximum Gasteiger partial charge on any atom is 0.306 e. The molecule has 0 N–H and O–H groups in total. The Hall–Kier alpha value is -1.12. The molecule has 3 nitrogen and oxygen atoms in total. The van der Waals surface area contributed by atoms with Gasteiger partial charge in [0, 0.05) is 6.42 Å². The Bertz CT molecular complexity index is 216. The fourth-order valence-corrected chi connectivity index (χ4v) is 0.994. The van der Waals surface area contributed by atoms with E-state index in [-0.39, 0.29) is 18.2 Å². The number of carbonyl (C=O) groups excluding carboxylic acids is 2. The normalized spacial score (nSPS) is 11.2. The topological polar surface area (TPSA) is 43.4 Å². The summed E-state index contributed by atoms with van der Waals surface area (Å²) in [5.74, 6) is -0.227. The molecule has 13 heavy (non-hydrogen) atoms. The molecule has 0 aromatic heterocycles. The van der Waals surface area contributed by atoms with Crippen molar-refractivity contribution in [2.75, 3.05) is 6.61 Å². The molecule has 0 saturated heterocycles. The molecule has 0 rings (SSSR count). The van der Waals surface area contributed by atoms with Crippen molar-refractivity contribution in [3.63, 3.8) is 0 Å². The summed E-state index contributed by atoms with van der Waals surface area (Å²) in [5, 5.41) is 0. The van der Waals surface area contributed by atoms with E-state index in [0.717, 1.165) is 0 Å². The van der Waals surface area contributed by atoms with Crippen LogP contribution in [0.25, 0.3) is 0 Å². The van der Waals surface area contributed by atoms with Gasteiger partial charge < -0.3 is 4.74 Å². The van der Waals surface area contributed by atoms with Crippen LogP contribution in [0.15, 0.2) is 11.6 Å². The van der Waals surface area contributed by atoms with Gasteiger partial charge in [-0.3, -0.25) is 9.59 Å². The van der Waals surface area contributed by atoms with Gasteiger partial charge in [-0.15, -0.1) is 0 Å². The van der Waals surface area contributed by atoms with Gasteiger partial charge in [-0.05, 0) is 32.8 Å². The summed E-state index contributed by atoms with van der Waals surface area (Å²) in [6, 6.07) is 0. The molecule has 0 bridgehead atoms. The van der Waals surface area contributed by atoms with E-state index in [1.807, 2.05) is 0 Å². The van der Waals surface area contributed by atoms with Crippen LogP contribution in [0.2, 0.25) is 0 Å². The number of esters is 1. The molecule has 0 atom stereocenters. The van der Waals surface area contributed by atoms with E-state index >= 15 is 0 Å². The molecule has 0 amide bonds. The second kappa shape index (κ2) is 6.40. The van der Waals surface area contributed by atoms with E-state index in [4.69, 9.17) is 4.74 Å². The zero-order chi connectivity index (χ0) is 10.3. The van der Waals surface area contributed by atoms with Crippen LogP contribution in [0, 0.1) is 0 Å². The molecule has 0 saturated carbocycles. The number of carbonyl (C=O) groups is 2. The lowest BCUT2D eigenvalue weighted by Crippen LogP contribution is -2.06. The third-order valence-electron chi connectivity index (χ3n) is 1.70. The summed E-state index contributed by atoms with van der Waals surface area (Å²) >= 11 is 0. The lowest BCUT2D eigenvalue weighted by Gasteiger charge is -2.02. The van der Waals surface area contributed by atoms with Gasteiger partial charge in [-0.25, -0.2) is 0 Å². The van der Waals surface area contributed by atoms with Crippen LogP contribution in [-0.4, -0.2) is 18.4 Å². The van der Waals surface area contributed by atoms with E-state index in [1.54, 1.807) is 19.9 Å². The molecule has 0 aromatic carbocycles. The first-order valence-corrected chi connectivity index (χ1v) is 4.43. The first kappa shape index (κ1) is 11.9. The van der Waals surface area contributed by atoms with Crippen LogP contribution in [0.4, 0.5) is 0 Å². The molecular formula is C10H16O3. The van der Waals surface area contributed by atoms with Crippen LogP contribution in [0.1, 0.15) is 33.6 Å². The van der Waals surface area contributed by atoms with Crippen LogP contribution in [0.3, 0.4) is 0 Å². The molecule has 0 spiro atoms. The van der Waals surface area contributed by atoms with Crippen molar-refractivity contribution < 1.29 is 14.3 Å². The summed E-state index contributed by atoms with van der Waals surface area (Å²) in [6.07, 6.45) is 2.50. The first-order chi connectivity index (χ1) is 6.11. The van der Waals surface area contributed by atoms with Crippen molar-refractivity contribution in [2.24, 2.45) is 0 Å². The van der Waals surface area contributed by atoms with E-state index in [2.05, 4.69) is 0 Å². The number of hydrogen-bond donors (Lipinski definition) is 0. The SMILES string of the molecule is CC=C(CCC(=O)OCC)C(C)=O. The smallest absolute Gasteiger partial charge is 0.306 e. The van der Waals surface area contributed by atoms with Crippen LogP contribution < -0.4 is 0 Å². The summed E-state index contributed by atoms with van der Waals surface area (Å²) in [6.45, 7) is 5.45. The number of rotatable bonds is 5. The molecule has 0 aromatic rings. The van der Waals surface area contributed by atoms with Gasteiger partial charge >= 0.3 is 5.97 Å². The van der Waals surface area contributed by atoms with Gasteiger partial charge in [0.05, 0.1) is 6.61 Å². The zero-order valence-corrected chi connectivity index (χ0v) is 8.42. The van der Waals surface area contributed by atoms with Crippen molar-refractivity contribution in [3.8, 4) is 0 Å². The molecule has 0 aliphatic carbocycles. The first-order valence-electron chi connectivity index (χ1n) is 4.43. The molecule has 3 heteroatoms. The van der Waals surface area contributed by atoms with Gasteiger partial charge in [0.2, 0.25) is 0 Å². The maximum atomic E-state index is 10.9. The van der Waals surface area contributed by atoms with Crippen molar-refractivity contribution in [1.29, 1.82) is 0 Å². The Morgan fingerprint density at radius 1 is 1.31 bits per heavy atom. The second-order valence-electron chi connectivity index (χ2n) is 2.68. The van der Waals surface area contributed by atoms with E-state index in [9.17, 15) is 9.59 Å². The van der Waals surface area contributed by atoms with E-state index < -0.39 is 0 Å². The number of Topliss-reactive ketones (excluding diaryl/α,β-unsaturated/α-hetero) is 1. The number of hydrogen-bond acceptors (Lipinski definition) is 3. The average Bonchev–Trinajstić information content (AvgIpc) is 2.05. The molecule has 0 aliphatic heterocycles. The highest BCUT2D eigenvalue weighted by Gasteiger charge is 2.06. The van der Waals surface area contributed by atoms with Crippen LogP contribution >= 0.6 is 0 Å². The van der Waals surface area contributed by atoms with Gasteiger partial charge in [-0.1, -0.05) is 6.08 Å². The molecule has 0 radical (unpaired) electrons. The molecule has 0 aliphatic rings. The van der Waals surface area contributed by atoms with Crippen LogP contribution in [0.5, 0.6) is 0 Å². The Morgan fingerprint density at radius 2 is 1.92 bits per heavy atom. The van der Waals surface area contributed by atoms with Crippen molar-refractivity contribution >= 4 is 11.8 Å². The standard InChI is InChI=1S/C10H16O3/c1-4-9(8(3)11)6-7-10(12)13-5-2/h4H,5-7H2,1-3H3. The third-order valence-corrected chi connectivity index (χ3v) is 1.70. The highest BCUT2D eigenvalue weighted by atomic mass is 16.5. The van der Waals surface area contributed by atoms with Crippen molar-refractivity contribution in [1.82, 2.24) is 0 Å². The molecule has 0 unspecified atom stereocenters. The quantitative estimate of drug-likeness (QED) is 0.484. The Morgan fingerprint density at radius 3 is 2.31 bits per heavy atom. The highest BCUT2D eigenvalue weighted by Crippen LogP contribution is 2.06. The fourth-order valence-electron chi connectivity index (χ4n) is 0.994. The largest absolute Gasteiger partial charge is 0.466 e. The maximum absolute atomic E-state index is 10.9. The fraction of sp³-hybridized carbons (Fsp3) is 0.600. The summed E-state index contributed by atoms with van der Waals surface area (Å²) in [7, 11) is 0. The van der Waals surface area contributed by atoms with Gasteiger partial charge in [0.1, 0.15) is 0 Å². The van der Waals surface area contributed by atoms with Crippen LogP contribution in [-0.2, 0) is 14.3 Å². The van der Waals surface area contributed by atoms with E-state index in [1.165, 1.54) is 6.92 Å². The molecule has 0 heterocycles. The minimum atomic E-state index is -0.247. The predicted molar refractivity (Wildman–Crippen MR) is 50.3 cm³/mol.